The first-order chi connectivity index (χ1) is 7.73. The number of halogens is 2. The van der Waals surface area contributed by atoms with Gasteiger partial charge >= 0.3 is 7.12 Å². The van der Waals surface area contributed by atoms with Gasteiger partial charge in [-0.05, 0) is 45.9 Å². The quantitative estimate of drug-likeness (QED) is 0.719. The van der Waals surface area contributed by atoms with Gasteiger partial charge in [0.15, 0.2) is 0 Å². The molecule has 1 saturated heterocycles. The lowest BCUT2D eigenvalue weighted by Gasteiger charge is -2.32. The molecule has 0 aromatic heterocycles. The topological polar surface area (TPSA) is 18.5 Å². The van der Waals surface area contributed by atoms with Crippen LogP contribution in [0.3, 0.4) is 0 Å². The lowest BCUT2D eigenvalue weighted by atomic mass is 9.79. The fourth-order valence-corrected chi connectivity index (χ4v) is 1.85. The molecular formula is C12H15BClFO2. The lowest BCUT2D eigenvalue weighted by Crippen LogP contribution is -2.41. The third kappa shape index (κ3) is 2.22. The first-order valence-electron chi connectivity index (χ1n) is 5.53. The van der Waals surface area contributed by atoms with Crippen LogP contribution in [-0.4, -0.2) is 18.3 Å². The highest BCUT2D eigenvalue weighted by Gasteiger charge is 2.52. The summed E-state index contributed by atoms with van der Waals surface area (Å²) in [5.41, 5.74) is -0.616. The number of rotatable bonds is 1. The van der Waals surface area contributed by atoms with Crippen LogP contribution >= 0.6 is 11.6 Å². The normalized spacial score (nSPS) is 21.9. The van der Waals surface area contributed by atoms with E-state index in [1.54, 1.807) is 6.07 Å². The van der Waals surface area contributed by atoms with E-state index in [-0.39, 0.29) is 5.82 Å². The molecule has 1 aliphatic rings. The van der Waals surface area contributed by atoms with Gasteiger partial charge in [-0.15, -0.1) is 0 Å². The molecule has 5 heteroatoms. The van der Waals surface area contributed by atoms with Gasteiger partial charge in [0.2, 0.25) is 0 Å². The number of hydrogen-bond acceptors (Lipinski definition) is 2. The Labute approximate surface area is 106 Å². The molecule has 0 N–H and O–H groups in total. The molecule has 0 spiro atoms. The van der Waals surface area contributed by atoms with E-state index >= 15 is 0 Å². The maximum Gasteiger partial charge on any atom is 0.497 e. The Morgan fingerprint density at radius 3 is 2.18 bits per heavy atom. The van der Waals surface area contributed by atoms with E-state index in [0.29, 0.717) is 10.5 Å². The SMILES string of the molecule is CC1(C)OB(c2cc(Cl)ccc2F)OC1(C)C. The van der Waals surface area contributed by atoms with E-state index in [4.69, 9.17) is 20.9 Å². The van der Waals surface area contributed by atoms with Crippen LogP contribution in [0.1, 0.15) is 27.7 Å². The largest absolute Gasteiger partial charge is 0.497 e. The van der Waals surface area contributed by atoms with Crippen LogP contribution in [-0.2, 0) is 9.31 Å². The van der Waals surface area contributed by atoms with Gasteiger partial charge in [0, 0.05) is 10.5 Å². The molecule has 17 heavy (non-hydrogen) atoms. The maximum absolute atomic E-state index is 13.7. The molecule has 2 rings (SSSR count). The van der Waals surface area contributed by atoms with Crippen molar-refractivity contribution in [3.63, 3.8) is 0 Å². The van der Waals surface area contributed by atoms with Gasteiger partial charge in [0.1, 0.15) is 5.82 Å². The molecule has 92 valence electrons. The van der Waals surface area contributed by atoms with E-state index < -0.39 is 18.3 Å². The van der Waals surface area contributed by atoms with E-state index in [2.05, 4.69) is 0 Å². The number of hydrogen-bond donors (Lipinski definition) is 0. The second kappa shape index (κ2) is 3.97. The second-order valence-electron chi connectivity index (χ2n) is 5.25. The highest BCUT2D eigenvalue weighted by molar-refractivity contribution is 6.62. The third-order valence-electron chi connectivity index (χ3n) is 3.47. The zero-order valence-corrected chi connectivity index (χ0v) is 11.1. The Bertz CT molecular complexity index is 432. The zero-order chi connectivity index (χ0) is 12.8. The molecule has 1 heterocycles. The molecule has 0 amide bonds. The van der Waals surface area contributed by atoms with Crippen molar-refractivity contribution in [1.29, 1.82) is 0 Å². The van der Waals surface area contributed by atoms with E-state index in [1.165, 1.54) is 12.1 Å². The van der Waals surface area contributed by atoms with E-state index in [1.807, 2.05) is 27.7 Å². The van der Waals surface area contributed by atoms with Crippen LogP contribution in [0.15, 0.2) is 18.2 Å². The predicted octanol–water partition coefficient (Wildman–Crippen LogP) is 2.78. The van der Waals surface area contributed by atoms with Gasteiger partial charge in [-0.3, -0.25) is 0 Å². The van der Waals surface area contributed by atoms with Crippen LogP contribution < -0.4 is 5.46 Å². The molecule has 2 nitrogen and oxygen atoms in total. The lowest BCUT2D eigenvalue weighted by molar-refractivity contribution is 0.00578. The van der Waals surface area contributed by atoms with Gasteiger partial charge in [0.25, 0.3) is 0 Å². The summed E-state index contributed by atoms with van der Waals surface area (Å²) >= 11 is 5.86. The van der Waals surface area contributed by atoms with Crippen LogP contribution in [0.5, 0.6) is 0 Å². The minimum atomic E-state index is -0.710. The second-order valence-corrected chi connectivity index (χ2v) is 5.69. The van der Waals surface area contributed by atoms with Crippen molar-refractivity contribution in [1.82, 2.24) is 0 Å². The summed E-state index contributed by atoms with van der Waals surface area (Å²) < 4.78 is 25.2. The molecule has 0 unspecified atom stereocenters. The highest BCUT2D eigenvalue weighted by atomic mass is 35.5. The molecule has 0 radical (unpaired) electrons. The monoisotopic (exact) mass is 256 g/mol. The van der Waals surface area contributed by atoms with E-state index in [9.17, 15) is 4.39 Å². The molecule has 0 bridgehead atoms. The smallest absolute Gasteiger partial charge is 0.399 e. The molecular weight excluding hydrogens is 241 g/mol. The van der Waals surface area contributed by atoms with Crippen molar-refractivity contribution in [3.8, 4) is 0 Å². The zero-order valence-electron chi connectivity index (χ0n) is 10.4. The molecule has 1 aromatic rings. The third-order valence-corrected chi connectivity index (χ3v) is 3.70. The molecule has 0 aliphatic carbocycles. The average Bonchev–Trinajstić information content (AvgIpc) is 2.40. The van der Waals surface area contributed by atoms with Crippen molar-refractivity contribution >= 4 is 24.2 Å². The fourth-order valence-electron chi connectivity index (χ4n) is 1.67. The summed E-state index contributed by atoms with van der Waals surface area (Å²) in [6.07, 6.45) is 0. The first kappa shape index (κ1) is 12.9. The van der Waals surface area contributed by atoms with Crippen LogP contribution in [0.4, 0.5) is 4.39 Å². The van der Waals surface area contributed by atoms with Gasteiger partial charge in [0.05, 0.1) is 11.2 Å². The Morgan fingerprint density at radius 1 is 1.12 bits per heavy atom. The average molecular weight is 257 g/mol. The molecule has 0 saturated carbocycles. The van der Waals surface area contributed by atoms with Crippen molar-refractivity contribution in [2.45, 2.75) is 38.9 Å². The Kier molecular flexibility index (Phi) is 3.01. The summed E-state index contributed by atoms with van der Waals surface area (Å²) in [6, 6.07) is 4.37. The summed E-state index contributed by atoms with van der Waals surface area (Å²) in [4.78, 5) is 0. The van der Waals surface area contributed by atoms with Gasteiger partial charge in [-0.2, -0.15) is 0 Å². The highest BCUT2D eigenvalue weighted by Crippen LogP contribution is 2.36. The predicted molar refractivity (Wildman–Crippen MR) is 67.1 cm³/mol. The van der Waals surface area contributed by atoms with Gasteiger partial charge in [-0.25, -0.2) is 4.39 Å². The van der Waals surface area contributed by atoms with Crippen molar-refractivity contribution < 1.29 is 13.7 Å². The standard InChI is InChI=1S/C12H15BClFO2/c1-11(2)12(3,4)17-13(16-11)9-7-8(14)5-6-10(9)15/h5-7H,1-4H3. The van der Waals surface area contributed by atoms with Crippen LogP contribution in [0, 0.1) is 5.82 Å². The summed E-state index contributed by atoms with van der Waals surface area (Å²) in [5.74, 6) is -0.368. The van der Waals surface area contributed by atoms with Gasteiger partial charge in [-0.1, -0.05) is 11.6 Å². The summed E-state index contributed by atoms with van der Waals surface area (Å²) in [6.45, 7) is 7.70. The minimum absolute atomic E-state index is 0.344. The molecule has 1 fully saturated rings. The minimum Gasteiger partial charge on any atom is -0.399 e. The van der Waals surface area contributed by atoms with Crippen molar-refractivity contribution in [3.05, 3.63) is 29.0 Å². The number of benzene rings is 1. The van der Waals surface area contributed by atoms with Crippen LogP contribution in [0.2, 0.25) is 5.02 Å². The Morgan fingerprint density at radius 2 is 1.65 bits per heavy atom. The molecule has 1 aromatic carbocycles. The maximum atomic E-state index is 13.7. The first-order valence-corrected chi connectivity index (χ1v) is 5.91. The van der Waals surface area contributed by atoms with Crippen LogP contribution in [0.25, 0.3) is 0 Å². The fraction of sp³-hybridized carbons (Fsp3) is 0.500. The Balaban J connectivity index is 2.35. The van der Waals surface area contributed by atoms with Crippen molar-refractivity contribution in [2.75, 3.05) is 0 Å². The van der Waals surface area contributed by atoms with Crippen molar-refractivity contribution in [2.24, 2.45) is 0 Å². The van der Waals surface area contributed by atoms with Gasteiger partial charge < -0.3 is 9.31 Å². The Hall–Kier alpha value is -0.575. The molecule has 1 aliphatic heterocycles. The summed E-state index contributed by atoms with van der Waals surface area (Å²) in [7, 11) is -0.710. The summed E-state index contributed by atoms with van der Waals surface area (Å²) in [5, 5.41) is 0.469. The molecule has 0 atom stereocenters. The van der Waals surface area contributed by atoms with E-state index in [0.717, 1.165) is 0 Å².